The van der Waals surface area contributed by atoms with Gasteiger partial charge in [0.1, 0.15) is 12.4 Å². The molecule has 0 saturated heterocycles. The quantitative estimate of drug-likeness (QED) is 0.801. The Morgan fingerprint density at radius 3 is 2.50 bits per heavy atom. The number of hydrogen-bond acceptors (Lipinski definition) is 3. The van der Waals surface area contributed by atoms with Gasteiger partial charge in [-0.3, -0.25) is 0 Å². The minimum atomic E-state index is 0.0769. The topological polar surface area (TPSA) is 58.1 Å². The summed E-state index contributed by atoms with van der Waals surface area (Å²) in [5.41, 5.74) is 2.00. The Morgan fingerprint density at radius 2 is 1.88 bits per heavy atom. The van der Waals surface area contributed by atoms with E-state index in [2.05, 4.69) is 9.97 Å². The third-order valence-electron chi connectivity index (χ3n) is 2.27. The first-order valence-electron chi connectivity index (χ1n) is 5.13. The van der Waals surface area contributed by atoms with E-state index in [4.69, 9.17) is 9.84 Å². The van der Waals surface area contributed by atoms with Crippen LogP contribution in [0.2, 0.25) is 0 Å². The second-order valence-corrected chi connectivity index (χ2v) is 3.50. The molecule has 0 spiro atoms. The molecule has 2 rings (SSSR count). The monoisotopic (exact) mass is 218 g/mol. The number of hydrogen-bond donors (Lipinski definition) is 2. The molecule has 1 heterocycles. The Kier molecular flexibility index (Phi) is 3.69. The van der Waals surface area contributed by atoms with Crippen LogP contribution in [0, 0.1) is 0 Å². The smallest absolute Gasteiger partial charge is 0.132 e. The lowest BCUT2D eigenvalue weighted by Crippen LogP contribution is -1.96. The van der Waals surface area contributed by atoms with Gasteiger partial charge in [0.05, 0.1) is 13.2 Å². The molecule has 0 saturated carbocycles. The van der Waals surface area contributed by atoms with Crippen molar-refractivity contribution in [3.8, 4) is 0 Å². The lowest BCUT2D eigenvalue weighted by molar-refractivity contribution is 0.102. The number of H-pyrrole nitrogens is 1. The SMILES string of the molecule is OCc1ccc(COCc2ncc[nH]2)cc1. The van der Waals surface area contributed by atoms with Gasteiger partial charge in [0.15, 0.2) is 0 Å². The van der Waals surface area contributed by atoms with E-state index in [9.17, 15) is 0 Å². The van der Waals surface area contributed by atoms with Crippen molar-refractivity contribution in [2.45, 2.75) is 19.8 Å². The van der Waals surface area contributed by atoms with Crippen LogP contribution in [0.25, 0.3) is 0 Å². The highest BCUT2D eigenvalue weighted by atomic mass is 16.5. The maximum Gasteiger partial charge on any atom is 0.132 e. The third kappa shape index (κ3) is 2.92. The van der Waals surface area contributed by atoms with Crippen LogP contribution in [0.3, 0.4) is 0 Å². The molecule has 2 N–H and O–H groups in total. The number of imidazole rings is 1. The molecule has 4 heteroatoms. The molecule has 0 radical (unpaired) electrons. The van der Waals surface area contributed by atoms with E-state index in [1.807, 2.05) is 24.3 Å². The van der Waals surface area contributed by atoms with Gasteiger partial charge < -0.3 is 14.8 Å². The summed E-state index contributed by atoms with van der Waals surface area (Å²) in [7, 11) is 0. The summed E-state index contributed by atoms with van der Waals surface area (Å²) in [5, 5.41) is 8.89. The molecule has 1 aromatic carbocycles. The molecular weight excluding hydrogens is 204 g/mol. The number of nitrogens with zero attached hydrogens (tertiary/aromatic N) is 1. The Labute approximate surface area is 93.9 Å². The average molecular weight is 218 g/mol. The molecule has 2 aromatic rings. The lowest BCUT2D eigenvalue weighted by Gasteiger charge is -2.03. The van der Waals surface area contributed by atoms with E-state index < -0.39 is 0 Å². The van der Waals surface area contributed by atoms with E-state index in [-0.39, 0.29) is 6.61 Å². The summed E-state index contributed by atoms with van der Waals surface area (Å²) >= 11 is 0. The van der Waals surface area contributed by atoms with E-state index >= 15 is 0 Å². The molecule has 0 bridgehead atoms. The predicted molar refractivity (Wildman–Crippen MR) is 59.4 cm³/mol. The minimum Gasteiger partial charge on any atom is -0.392 e. The Morgan fingerprint density at radius 1 is 1.12 bits per heavy atom. The van der Waals surface area contributed by atoms with Gasteiger partial charge in [0.25, 0.3) is 0 Å². The van der Waals surface area contributed by atoms with Gasteiger partial charge in [-0.2, -0.15) is 0 Å². The molecular formula is C12H14N2O2. The first kappa shape index (κ1) is 10.9. The number of aliphatic hydroxyl groups is 1. The first-order valence-corrected chi connectivity index (χ1v) is 5.13. The normalized spacial score (nSPS) is 10.6. The highest BCUT2D eigenvalue weighted by molar-refractivity contribution is 5.21. The van der Waals surface area contributed by atoms with Crippen molar-refractivity contribution >= 4 is 0 Å². The molecule has 4 nitrogen and oxygen atoms in total. The summed E-state index contributed by atoms with van der Waals surface area (Å²) in [6.07, 6.45) is 3.48. The Balaban J connectivity index is 1.81. The molecule has 0 aliphatic heterocycles. The van der Waals surface area contributed by atoms with Crippen LogP contribution in [0.1, 0.15) is 17.0 Å². The standard InChI is InChI=1S/C12H14N2O2/c15-7-10-1-3-11(4-2-10)8-16-9-12-13-5-6-14-12/h1-6,15H,7-9H2,(H,13,14). The molecule has 0 atom stereocenters. The maximum absolute atomic E-state index is 8.89. The molecule has 16 heavy (non-hydrogen) atoms. The van der Waals surface area contributed by atoms with Crippen molar-refractivity contribution in [1.82, 2.24) is 9.97 Å². The summed E-state index contributed by atoms with van der Waals surface area (Å²) < 4.78 is 5.48. The van der Waals surface area contributed by atoms with Gasteiger partial charge >= 0.3 is 0 Å². The van der Waals surface area contributed by atoms with Crippen LogP contribution in [-0.4, -0.2) is 15.1 Å². The second-order valence-electron chi connectivity index (χ2n) is 3.50. The van der Waals surface area contributed by atoms with Crippen LogP contribution >= 0.6 is 0 Å². The van der Waals surface area contributed by atoms with Gasteiger partial charge in [0.2, 0.25) is 0 Å². The van der Waals surface area contributed by atoms with Gasteiger partial charge in [-0.15, -0.1) is 0 Å². The Bertz CT molecular complexity index is 409. The zero-order valence-corrected chi connectivity index (χ0v) is 8.89. The molecule has 1 aromatic heterocycles. The van der Waals surface area contributed by atoms with Gasteiger partial charge in [-0.25, -0.2) is 4.98 Å². The van der Waals surface area contributed by atoms with Gasteiger partial charge in [0, 0.05) is 12.4 Å². The largest absolute Gasteiger partial charge is 0.392 e. The second kappa shape index (κ2) is 5.44. The molecule has 0 amide bonds. The number of rotatable bonds is 5. The number of nitrogens with one attached hydrogen (secondary N) is 1. The van der Waals surface area contributed by atoms with Crippen molar-refractivity contribution in [3.63, 3.8) is 0 Å². The van der Waals surface area contributed by atoms with E-state index in [0.717, 1.165) is 17.0 Å². The van der Waals surface area contributed by atoms with Crippen molar-refractivity contribution in [1.29, 1.82) is 0 Å². The van der Waals surface area contributed by atoms with E-state index in [0.29, 0.717) is 13.2 Å². The maximum atomic E-state index is 8.89. The fraction of sp³-hybridized carbons (Fsp3) is 0.250. The fourth-order valence-electron chi connectivity index (χ4n) is 1.38. The van der Waals surface area contributed by atoms with E-state index in [1.165, 1.54) is 0 Å². The van der Waals surface area contributed by atoms with Crippen molar-refractivity contribution in [2.75, 3.05) is 0 Å². The third-order valence-corrected chi connectivity index (χ3v) is 2.27. The summed E-state index contributed by atoms with van der Waals surface area (Å²) in [6.45, 7) is 1.11. The number of aromatic amines is 1. The zero-order chi connectivity index (χ0) is 11.2. The summed E-state index contributed by atoms with van der Waals surface area (Å²) in [4.78, 5) is 7.03. The molecule has 0 unspecified atom stereocenters. The number of ether oxygens (including phenoxy) is 1. The number of benzene rings is 1. The van der Waals surface area contributed by atoms with Crippen LogP contribution < -0.4 is 0 Å². The highest BCUT2D eigenvalue weighted by Gasteiger charge is 1.97. The fourth-order valence-corrected chi connectivity index (χ4v) is 1.38. The van der Waals surface area contributed by atoms with Crippen LogP contribution in [0.15, 0.2) is 36.7 Å². The number of aromatic nitrogens is 2. The lowest BCUT2D eigenvalue weighted by atomic mass is 10.1. The van der Waals surface area contributed by atoms with Crippen LogP contribution in [-0.2, 0) is 24.6 Å². The van der Waals surface area contributed by atoms with Crippen molar-refractivity contribution in [3.05, 3.63) is 53.6 Å². The predicted octanol–water partition coefficient (Wildman–Crippen LogP) is 1.62. The van der Waals surface area contributed by atoms with Crippen molar-refractivity contribution in [2.24, 2.45) is 0 Å². The molecule has 84 valence electrons. The molecule has 0 aliphatic rings. The van der Waals surface area contributed by atoms with Crippen LogP contribution in [0.4, 0.5) is 0 Å². The minimum absolute atomic E-state index is 0.0769. The van der Waals surface area contributed by atoms with E-state index in [1.54, 1.807) is 12.4 Å². The molecule has 0 aliphatic carbocycles. The van der Waals surface area contributed by atoms with Gasteiger partial charge in [-0.05, 0) is 11.1 Å². The summed E-state index contributed by atoms with van der Waals surface area (Å²) in [5.74, 6) is 0.826. The van der Waals surface area contributed by atoms with Gasteiger partial charge in [-0.1, -0.05) is 24.3 Å². The number of aliphatic hydroxyl groups excluding tert-OH is 1. The first-order chi connectivity index (χ1) is 7.88. The Hall–Kier alpha value is -1.65. The van der Waals surface area contributed by atoms with Crippen molar-refractivity contribution < 1.29 is 9.84 Å². The zero-order valence-electron chi connectivity index (χ0n) is 8.89. The van der Waals surface area contributed by atoms with Crippen LogP contribution in [0.5, 0.6) is 0 Å². The average Bonchev–Trinajstić information content (AvgIpc) is 2.83. The summed E-state index contributed by atoms with van der Waals surface area (Å²) in [6, 6.07) is 7.69. The molecule has 0 fully saturated rings. The highest BCUT2D eigenvalue weighted by Crippen LogP contribution is 2.06.